The monoisotopic (exact) mass is 200 g/mol. The first kappa shape index (κ1) is 10.3. The fourth-order valence-electron chi connectivity index (χ4n) is 0.910. The van der Waals surface area contributed by atoms with E-state index in [9.17, 15) is 8.78 Å². The van der Waals surface area contributed by atoms with Crippen LogP contribution in [0.4, 0.5) is 8.78 Å². The van der Waals surface area contributed by atoms with Crippen molar-refractivity contribution in [1.82, 2.24) is 0 Å². The third-order valence-electron chi connectivity index (χ3n) is 1.55. The van der Waals surface area contributed by atoms with Gasteiger partial charge in [0.15, 0.2) is 11.6 Å². The first-order valence-electron chi connectivity index (χ1n) is 3.96. The second-order valence-corrected chi connectivity index (χ2v) is 3.04. The minimum atomic E-state index is -0.814. The Hall–Kier alpha value is -0.830. The maximum atomic E-state index is 12.7. The molecule has 1 rings (SSSR count). The summed E-state index contributed by atoms with van der Waals surface area (Å²) in [6.07, 6.45) is 4.44. The summed E-state index contributed by atoms with van der Waals surface area (Å²) in [6, 6.07) is 3.83. The molecule has 0 unspecified atom stereocenters. The lowest BCUT2D eigenvalue weighted by Gasteiger charge is -1.94. The molecule has 70 valence electrons. The summed E-state index contributed by atoms with van der Waals surface area (Å²) >= 11 is 4.02. The van der Waals surface area contributed by atoms with Crippen LogP contribution < -0.4 is 0 Å². The van der Waals surface area contributed by atoms with Crippen LogP contribution in [-0.2, 0) is 0 Å². The molecule has 0 bridgehead atoms. The zero-order valence-electron chi connectivity index (χ0n) is 7.00. The Morgan fingerprint density at radius 1 is 1.23 bits per heavy atom. The minimum absolute atomic E-state index is 0.667. The number of hydrogen-bond donors (Lipinski definition) is 1. The summed E-state index contributed by atoms with van der Waals surface area (Å²) in [5.74, 6) is -0.875. The lowest BCUT2D eigenvalue weighted by molar-refractivity contribution is 0.508. The fraction of sp³-hybridized carbons (Fsp3) is 0.200. The van der Waals surface area contributed by atoms with E-state index in [1.807, 2.05) is 6.08 Å². The van der Waals surface area contributed by atoms with Crippen molar-refractivity contribution in [2.24, 2.45) is 0 Å². The lowest BCUT2D eigenvalue weighted by atomic mass is 10.2. The van der Waals surface area contributed by atoms with E-state index >= 15 is 0 Å². The molecular weight excluding hydrogens is 190 g/mol. The highest BCUT2D eigenvalue weighted by Crippen LogP contribution is 2.10. The molecule has 0 amide bonds. The molecule has 0 N–H and O–H groups in total. The van der Waals surface area contributed by atoms with Crippen molar-refractivity contribution in [3.8, 4) is 0 Å². The van der Waals surface area contributed by atoms with Crippen LogP contribution in [-0.4, -0.2) is 5.75 Å². The molecule has 0 radical (unpaired) electrons. The molecule has 0 nitrogen and oxygen atoms in total. The Balaban J connectivity index is 2.73. The standard InChI is InChI=1S/C10H10F2S/c11-9-5-4-8(7-10(9)12)3-1-2-6-13/h1,3-5,7,13H,2,6H2. The van der Waals surface area contributed by atoms with Gasteiger partial charge in [0.05, 0.1) is 0 Å². The Morgan fingerprint density at radius 3 is 2.62 bits per heavy atom. The van der Waals surface area contributed by atoms with Crippen molar-refractivity contribution in [3.05, 3.63) is 41.5 Å². The van der Waals surface area contributed by atoms with E-state index in [1.165, 1.54) is 12.1 Å². The van der Waals surface area contributed by atoms with E-state index in [-0.39, 0.29) is 0 Å². The number of halogens is 2. The summed E-state index contributed by atoms with van der Waals surface area (Å²) in [7, 11) is 0. The number of hydrogen-bond acceptors (Lipinski definition) is 1. The molecule has 0 aliphatic rings. The Labute approximate surface area is 81.7 Å². The molecule has 13 heavy (non-hydrogen) atoms. The van der Waals surface area contributed by atoms with Crippen LogP contribution in [0.2, 0.25) is 0 Å². The van der Waals surface area contributed by atoms with Gasteiger partial charge in [0, 0.05) is 0 Å². The zero-order valence-corrected chi connectivity index (χ0v) is 7.90. The van der Waals surface area contributed by atoms with Crippen LogP contribution in [0.5, 0.6) is 0 Å². The normalized spacial score (nSPS) is 11.0. The van der Waals surface area contributed by atoms with E-state index in [0.29, 0.717) is 5.56 Å². The van der Waals surface area contributed by atoms with Gasteiger partial charge in [-0.2, -0.15) is 12.6 Å². The molecule has 0 heterocycles. The van der Waals surface area contributed by atoms with E-state index in [4.69, 9.17) is 0 Å². The third kappa shape index (κ3) is 3.19. The smallest absolute Gasteiger partial charge is 0.159 e. The highest BCUT2D eigenvalue weighted by molar-refractivity contribution is 7.80. The average Bonchev–Trinajstić information content (AvgIpc) is 2.12. The van der Waals surface area contributed by atoms with Crippen LogP contribution >= 0.6 is 12.6 Å². The molecule has 3 heteroatoms. The largest absolute Gasteiger partial charge is 0.204 e. The molecular formula is C10H10F2S. The maximum absolute atomic E-state index is 12.7. The predicted octanol–water partition coefficient (Wildman–Crippen LogP) is 3.30. The average molecular weight is 200 g/mol. The van der Waals surface area contributed by atoms with Gasteiger partial charge in [-0.05, 0) is 29.9 Å². The van der Waals surface area contributed by atoms with Crippen molar-refractivity contribution in [2.45, 2.75) is 6.42 Å². The summed E-state index contributed by atoms with van der Waals surface area (Å²) in [6.45, 7) is 0. The van der Waals surface area contributed by atoms with Gasteiger partial charge in [0.25, 0.3) is 0 Å². The van der Waals surface area contributed by atoms with E-state index < -0.39 is 11.6 Å². The SMILES string of the molecule is Fc1ccc(C=CCCS)cc1F. The van der Waals surface area contributed by atoms with Crippen molar-refractivity contribution in [3.63, 3.8) is 0 Å². The minimum Gasteiger partial charge on any atom is -0.204 e. The lowest BCUT2D eigenvalue weighted by Crippen LogP contribution is -1.83. The van der Waals surface area contributed by atoms with E-state index in [1.54, 1.807) is 6.08 Å². The van der Waals surface area contributed by atoms with Gasteiger partial charge >= 0.3 is 0 Å². The highest BCUT2D eigenvalue weighted by atomic mass is 32.1. The number of allylic oxidation sites excluding steroid dienone is 1. The van der Waals surface area contributed by atoms with Crippen LogP contribution in [0, 0.1) is 11.6 Å². The second-order valence-electron chi connectivity index (χ2n) is 2.59. The Kier molecular flexibility index (Phi) is 3.96. The molecule has 0 aliphatic heterocycles. The molecule has 0 fully saturated rings. The molecule has 0 aromatic heterocycles. The topological polar surface area (TPSA) is 0 Å². The first-order valence-corrected chi connectivity index (χ1v) is 4.59. The fourth-order valence-corrected chi connectivity index (χ4v) is 1.06. The van der Waals surface area contributed by atoms with Gasteiger partial charge in [-0.25, -0.2) is 8.78 Å². The van der Waals surface area contributed by atoms with Gasteiger partial charge in [-0.1, -0.05) is 18.2 Å². The van der Waals surface area contributed by atoms with Crippen LogP contribution in [0.3, 0.4) is 0 Å². The number of thiol groups is 1. The number of benzene rings is 1. The second kappa shape index (κ2) is 5.02. The molecule has 0 atom stereocenters. The van der Waals surface area contributed by atoms with Crippen molar-refractivity contribution < 1.29 is 8.78 Å². The predicted molar refractivity (Wildman–Crippen MR) is 53.9 cm³/mol. The van der Waals surface area contributed by atoms with Crippen LogP contribution in [0.15, 0.2) is 24.3 Å². The zero-order chi connectivity index (χ0) is 9.68. The van der Waals surface area contributed by atoms with Crippen molar-refractivity contribution >= 4 is 18.7 Å². The van der Waals surface area contributed by atoms with Crippen LogP contribution in [0.25, 0.3) is 6.08 Å². The summed E-state index contributed by atoms with van der Waals surface area (Å²) in [5.41, 5.74) is 0.667. The number of rotatable bonds is 3. The quantitative estimate of drug-likeness (QED) is 0.711. The molecule has 0 aliphatic carbocycles. The Morgan fingerprint density at radius 2 is 2.00 bits per heavy atom. The summed E-state index contributed by atoms with van der Waals surface area (Å²) in [4.78, 5) is 0. The van der Waals surface area contributed by atoms with E-state index in [0.717, 1.165) is 18.2 Å². The van der Waals surface area contributed by atoms with Gasteiger partial charge in [0.1, 0.15) is 0 Å². The third-order valence-corrected chi connectivity index (χ3v) is 1.81. The summed E-state index contributed by atoms with van der Waals surface area (Å²) in [5, 5.41) is 0. The van der Waals surface area contributed by atoms with Gasteiger partial charge in [-0.3, -0.25) is 0 Å². The summed E-state index contributed by atoms with van der Waals surface area (Å²) < 4.78 is 25.1. The van der Waals surface area contributed by atoms with Crippen LogP contribution in [0.1, 0.15) is 12.0 Å². The maximum Gasteiger partial charge on any atom is 0.159 e. The van der Waals surface area contributed by atoms with E-state index in [2.05, 4.69) is 12.6 Å². The van der Waals surface area contributed by atoms with Gasteiger partial charge < -0.3 is 0 Å². The molecule has 1 aromatic rings. The van der Waals surface area contributed by atoms with Gasteiger partial charge in [0.2, 0.25) is 0 Å². The highest BCUT2D eigenvalue weighted by Gasteiger charge is 1.99. The molecule has 0 saturated carbocycles. The Bertz CT molecular complexity index is 308. The molecule has 1 aromatic carbocycles. The van der Waals surface area contributed by atoms with Crippen molar-refractivity contribution in [1.29, 1.82) is 0 Å². The first-order chi connectivity index (χ1) is 6.24. The van der Waals surface area contributed by atoms with Gasteiger partial charge in [-0.15, -0.1) is 0 Å². The molecule has 0 saturated heterocycles. The molecule has 0 spiro atoms. The van der Waals surface area contributed by atoms with Crippen molar-refractivity contribution in [2.75, 3.05) is 5.75 Å².